The molecule has 2 heterocycles. The second-order valence-corrected chi connectivity index (χ2v) is 5.37. The van der Waals surface area contributed by atoms with Gasteiger partial charge in [-0.05, 0) is 29.8 Å². The number of nitrogens with one attached hydrogen (secondary N) is 1. The van der Waals surface area contributed by atoms with Crippen molar-refractivity contribution in [3.63, 3.8) is 0 Å². The zero-order chi connectivity index (χ0) is 17.6. The number of halogens is 1. The van der Waals surface area contributed by atoms with Crippen LogP contribution in [0.5, 0.6) is 5.75 Å². The van der Waals surface area contributed by atoms with E-state index in [4.69, 9.17) is 4.74 Å². The highest BCUT2D eigenvalue weighted by Gasteiger charge is 2.13. The predicted molar refractivity (Wildman–Crippen MR) is 92.5 cm³/mol. The molecule has 5 nitrogen and oxygen atoms in total. The zero-order valence-electron chi connectivity index (χ0n) is 13.6. The number of ether oxygens (including phenoxy) is 1. The van der Waals surface area contributed by atoms with Gasteiger partial charge in [0.05, 0.1) is 6.20 Å². The minimum Gasteiger partial charge on any atom is -0.488 e. The zero-order valence-corrected chi connectivity index (χ0v) is 13.6. The summed E-state index contributed by atoms with van der Waals surface area (Å²) >= 11 is 0. The normalized spacial score (nSPS) is 10.3. The molecule has 0 unspecified atom stereocenters. The average Bonchev–Trinajstić information content (AvgIpc) is 2.62. The smallest absolute Gasteiger partial charge is 0.222 e. The topological polar surface area (TPSA) is 64.1 Å². The third kappa shape index (κ3) is 4.17. The number of carbonyl (C=O) groups excluding carboxylic acids is 1. The summed E-state index contributed by atoms with van der Waals surface area (Å²) in [6.07, 6.45) is 4.46. The van der Waals surface area contributed by atoms with Crippen molar-refractivity contribution in [3.8, 4) is 16.9 Å². The lowest BCUT2D eigenvalue weighted by atomic mass is 10.1. The van der Waals surface area contributed by atoms with Crippen LogP contribution in [0, 0.1) is 5.82 Å². The first-order valence-corrected chi connectivity index (χ1v) is 7.68. The molecule has 3 rings (SSSR count). The van der Waals surface area contributed by atoms with Gasteiger partial charge in [0, 0.05) is 30.4 Å². The molecule has 0 atom stereocenters. The minimum atomic E-state index is -0.492. The van der Waals surface area contributed by atoms with Crippen molar-refractivity contribution in [1.82, 2.24) is 9.97 Å². The fourth-order valence-corrected chi connectivity index (χ4v) is 2.35. The van der Waals surface area contributed by atoms with E-state index < -0.39 is 5.82 Å². The van der Waals surface area contributed by atoms with Crippen LogP contribution in [0.15, 0.2) is 61.1 Å². The summed E-state index contributed by atoms with van der Waals surface area (Å²) in [7, 11) is 0. The lowest BCUT2D eigenvalue weighted by Gasteiger charge is -2.13. The number of pyridine rings is 2. The number of carbonyl (C=O) groups is 1. The summed E-state index contributed by atoms with van der Waals surface area (Å²) in [4.78, 5) is 19.0. The van der Waals surface area contributed by atoms with Gasteiger partial charge in [0.2, 0.25) is 5.91 Å². The van der Waals surface area contributed by atoms with Gasteiger partial charge in [-0.2, -0.15) is 0 Å². The molecule has 25 heavy (non-hydrogen) atoms. The summed E-state index contributed by atoms with van der Waals surface area (Å²) < 4.78 is 20.1. The highest BCUT2D eigenvalue weighted by atomic mass is 19.1. The molecular weight excluding hydrogens is 321 g/mol. The number of para-hydroxylation sites is 1. The van der Waals surface area contributed by atoms with Crippen LogP contribution in [-0.4, -0.2) is 15.9 Å². The Hall–Kier alpha value is -3.28. The first kappa shape index (κ1) is 16.6. The fourth-order valence-electron chi connectivity index (χ4n) is 2.35. The van der Waals surface area contributed by atoms with Crippen molar-refractivity contribution < 1.29 is 13.9 Å². The molecule has 126 valence electrons. The number of aromatic nitrogens is 2. The van der Waals surface area contributed by atoms with Gasteiger partial charge in [0.15, 0.2) is 0 Å². The maximum Gasteiger partial charge on any atom is 0.222 e. The summed E-state index contributed by atoms with van der Waals surface area (Å²) in [5.74, 6) is 0.0624. The Balaban J connectivity index is 1.91. The average molecular weight is 337 g/mol. The molecule has 0 saturated heterocycles. The largest absolute Gasteiger partial charge is 0.488 e. The quantitative estimate of drug-likeness (QED) is 0.769. The van der Waals surface area contributed by atoms with E-state index >= 15 is 0 Å². The summed E-state index contributed by atoms with van der Waals surface area (Å²) in [6.45, 7) is 1.71. The number of amides is 1. The molecule has 0 spiro atoms. The summed E-state index contributed by atoms with van der Waals surface area (Å²) in [6, 6.07) is 12.3. The number of benzene rings is 1. The van der Waals surface area contributed by atoms with E-state index in [1.165, 1.54) is 13.0 Å². The molecule has 3 aromatic rings. The lowest BCUT2D eigenvalue weighted by Crippen LogP contribution is -2.08. The van der Waals surface area contributed by atoms with Crippen molar-refractivity contribution in [3.05, 3.63) is 72.4 Å². The van der Waals surface area contributed by atoms with Crippen molar-refractivity contribution in [2.75, 3.05) is 5.32 Å². The Kier molecular flexibility index (Phi) is 4.99. The molecule has 1 aromatic carbocycles. The molecule has 0 aliphatic rings. The SMILES string of the molecule is CC(=O)Nc1cc(-c2ccccc2OCc2ccncc2)c(F)cn1. The molecule has 0 radical (unpaired) electrons. The molecule has 0 aliphatic carbocycles. The maximum atomic E-state index is 14.3. The van der Waals surface area contributed by atoms with Gasteiger partial charge in [0.25, 0.3) is 0 Å². The van der Waals surface area contributed by atoms with Crippen LogP contribution in [0.1, 0.15) is 12.5 Å². The maximum absolute atomic E-state index is 14.3. The van der Waals surface area contributed by atoms with Crippen molar-refractivity contribution in [2.24, 2.45) is 0 Å². The molecule has 1 N–H and O–H groups in total. The van der Waals surface area contributed by atoms with Gasteiger partial charge >= 0.3 is 0 Å². The molecule has 0 fully saturated rings. The van der Waals surface area contributed by atoms with Gasteiger partial charge in [-0.1, -0.05) is 18.2 Å². The van der Waals surface area contributed by atoms with E-state index in [0.717, 1.165) is 11.8 Å². The first-order chi connectivity index (χ1) is 12.1. The molecular formula is C19H16FN3O2. The highest BCUT2D eigenvalue weighted by Crippen LogP contribution is 2.33. The Morgan fingerprint density at radius 3 is 2.68 bits per heavy atom. The predicted octanol–water partition coefficient (Wildman–Crippen LogP) is 3.82. The van der Waals surface area contributed by atoms with Gasteiger partial charge in [-0.15, -0.1) is 0 Å². The van der Waals surface area contributed by atoms with E-state index in [9.17, 15) is 9.18 Å². The van der Waals surface area contributed by atoms with E-state index in [1.54, 1.807) is 30.6 Å². The van der Waals surface area contributed by atoms with Crippen molar-refractivity contribution >= 4 is 11.7 Å². The van der Waals surface area contributed by atoms with E-state index in [0.29, 0.717) is 23.5 Å². The molecule has 1 amide bonds. The molecule has 6 heteroatoms. The number of rotatable bonds is 5. The number of hydrogen-bond donors (Lipinski definition) is 1. The van der Waals surface area contributed by atoms with Crippen LogP contribution >= 0.6 is 0 Å². The fraction of sp³-hybridized carbons (Fsp3) is 0.105. The number of anilines is 1. The van der Waals surface area contributed by atoms with E-state index in [-0.39, 0.29) is 11.7 Å². The second-order valence-electron chi connectivity index (χ2n) is 5.37. The Labute approximate surface area is 144 Å². The Bertz CT molecular complexity index is 885. The van der Waals surface area contributed by atoms with Crippen LogP contribution in [-0.2, 0) is 11.4 Å². The Morgan fingerprint density at radius 2 is 1.92 bits per heavy atom. The molecule has 2 aromatic heterocycles. The Morgan fingerprint density at radius 1 is 1.16 bits per heavy atom. The third-order valence-corrected chi connectivity index (χ3v) is 3.48. The molecule has 0 saturated carbocycles. The van der Waals surface area contributed by atoms with Gasteiger partial charge < -0.3 is 10.1 Å². The van der Waals surface area contributed by atoms with Crippen LogP contribution in [0.2, 0.25) is 0 Å². The molecule has 0 bridgehead atoms. The van der Waals surface area contributed by atoms with Gasteiger partial charge in [-0.25, -0.2) is 9.37 Å². The second kappa shape index (κ2) is 7.53. The van der Waals surface area contributed by atoms with Gasteiger partial charge in [0.1, 0.15) is 24.0 Å². The van der Waals surface area contributed by atoms with Crippen LogP contribution < -0.4 is 10.1 Å². The van der Waals surface area contributed by atoms with E-state index in [2.05, 4.69) is 15.3 Å². The number of nitrogens with zero attached hydrogens (tertiary/aromatic N) is 2. The van der Waals surface area contributed by atoms with Crippen LogP contribution in [0.4, 0.5) is 10.2 Å². The molecule has 0 aliphatic heterocycles. The van der Waals surface area contributed by atoms with Crippen molar-refractivity contribution in [1.29, 1.82) is 0 Å². The highest BCUT2D eigenvalue weighted by molar-refractivity contribution is 5.88. The lowest BCUT2D eigenvalue weighted by molar-refractivity contribution is -0.114. The standard InChI is InChI=1S/C19H16FN3O2/c1-13(24)23-19-10-16(17(20)11-22-19)15-4-2-3-5-18(15)25-12-14-6-8-21-9-7-14/h2-11H,12H2,1H3,(H,22,23,24). The van der Waals surface area contributed by atoms with E-state index in [1.807, 2.05) is 18.2 Å². The summed E-state index contributed by atoms with van der Waals surface area (Å²) in [5.41, 5.74) is 1.85. The van der Waals surface area contributed by atoms with Gasteiger partial charge in [-0.3, -0.25) is 9.78 Å². The van der Waals surface area contributed by atoms with Crippen LogP contribution in [0.3, 0.4) is 0 Å². The van der Waals surface area contributed by atoms with Crippen molar-refractivity contribution in [2.45, 2.75) is 13.5 Å². The number of hydrogen-bond acceptors (Lipinski definition) is 4. The summed E-state index contributed by atoms with van der Waals surface area (Å²) in [5, 5.41) is 2.55. The monoisotopic (exact) mass is 337 g/mol. The first-order valence-electron chi connectivity index (χ1n) is 7.68. The van der Waals surface area contributed by atoms with Crippen LogP contribution in [0.25, 0.3) is 11.1 Å². The minimum absolute atomic E-state index is 0.271. The third-order valence-electron chi connectivity index (χ3n) is 3.48.